The van der Waals surface area contributed by atoms with E-state index < -0.39 is 0 Å². The second kappa shape index (κ2) is 5.37. The fraction of sp³-hybridized carbons (Fsp3) is 0.545. The summed E-state index contributed by atoms with van der Waals surface area (Å²) in [4.78, 5) is 5.54. The van der Waals surface area contributed by atoms with Crippen LogP contribution in [0.1, 0.15) is 6.42 Å². The summed E-state index contributed by atoms with van der Waals surface area (Å²) in [7, 11) is 0. The second-order valence-electron chi connectivity index (χ2n) is 3.69. The van der Waals surface area contributed by atoms with Crippen LogP contribution < -0.4 is 5.32 Å². The molecule has 0 amide bonds. The number of ether oxygens (including phenoxy) is 1. The van der Waals surface area contributed by atoms with Gasteiger partial charge in [-0.15, -0.1) is 11.8 Å². The lowest BCUT2D eigenvalue weighted by Crippen LogP contribution is -2.14. The fourth-order valence-electron chi connectivity index (χ4n) is 1.60. The molecular weight excluding hydrogens is 208 g/mol. The summed E-state index contributed by atoms with van der Waals surface area (Å²) in [6, 6.07) is 4.12. The van der Waals surface area contributed by atoms with Gasteiger partial charge in [0.15, 0.2) is 0 Å². The summed E-state index contributed by atoms with van der Waals surface area (Å²) < 4.78 is 5.32. The van der Waals surface area contributed by atoms with Crippen LogP contribution in [0.15, 0.2) is 23.2 Å². The molecule has 1 saturated heterocycles. The number of pyridine rings is 1. The van der Waals surface area contributed by atoms with Crippen LogP contribution in [0.3, 0.4) is 0 Å². The number of hydrogen-bond donors (Lipinski definition) is 1. The van der Waals surface area contributed by atoms with Crippen molar-refractivity contribution in [3.63, 3.8) is 0 Å². The number of anilines is 1. The van der Waals surface area contributed by atoms with E-state index in [1.807, 2.05) is 12.3 Å². The van der Waals surface area contributed by atoms with Crippen molar-refractivity contribution in [3.05, 3.63) is 18.3 Å². The van der Waals surface area contributed by atoms with Gasteiger partial charge in [0.25, 0.3) is 0 Å². The van der Waals surface area contributed by atoms with Gasteiger partial charge < -0.3 is 10.1 Å². The Balaban J connectivity index is 1.82. The highest BCUT2D eigenvalue weighted by atomic mass is 32.2. The largest absolute Gasteiger partial charge is 0.381 e. The summed E-state index contributed by atoms with van der Waals surface area (Å²) in [5.74, 6) is 1.60. The van der Waals surface area contributed by atoms with Gasteiger partial charge in [-0.2, -0.15) is 0 Å². The summed E-state index contributed by atoms with van der Waals surface area (Å²) >= 11 is 1.71. The van der Waals surface area contributed by atoms with E-state index in [-0.39, 0.29) is 0 Å². The first kappa shape index (κ1) is 10.8. The minimum absolute atomic E-state index is 0.645. The predicted molar refractivity (Wildman–Crippen MR) is 63.4 cm³/mol. The highest BCUT2D eigenvalue weighted by molar-refractivity contribution is 7.98. The Morgan fingerprint density at radius 2 is 2.53 bits per heavy atom. The molecule has 0 spiro atoms. The van der Waals surface area contributed by atoms with Gasteiger partial charge in [0.05, 0.1) is 6.61 Å². The minimum Gasteiger partial charge on any atom is -0.381 e. The molecule has 4 heteroatoms. The van der Waals surface area contributed by atoms with E-state index in [0.717, 1.165) is 32.0 Å². The zero-order valence-electron chi connectivity index (χ0n) is 8.90. The van der Waals surface area contributed by atoms with Crippen molar-refractivity contribution in [1.29, 1.82) is 0 Å². The van der Waals surface area contributed by atoms with Crippen LogP contribution >= 0.6 is 11.8 Å². The number of nitrogens with zero attached hydrogens (tertiary/aromatic N) is 1. The van der Waals surface area contributed by atoms with Crippen LogP contribution in [-0.2, 0) is 4.74 Å². The van der Waals surface area contributed by atoms with E-state index >= 15 is 0 Å². The van der Waals surface area contributed by atoms with Crippen molar-refractivity contribution < 1.29 is 4.74 Å². The smallest absolute Gasteiger partial charge is 0.125 e. The Labute approximate surface area is 94.6 Å². The van der Waals surface area contributed by atoms with Crippen molar-refractivity contribution in [2.24, 2.45) is 5.92 Å². The molecule has 2 rings (SSSR count). The highest BCUT2D eigenvalue weighted by Crippen LogP contribution is 2.16. The van der Waals surface area contributed by atoms with E-state index in [0.29, 0.717) is 5.92 Å². The van der Waals surface area contributed by atoms with Crippen molar-refractivity contribution in [2.45, 2.75) is 11.3 Å². The van der Waals surface area contributed by atoms with Crippen LogP contribution in [0.4, 0.5) is 5.82 Å². The second-order valence-corrected chi connectivity index (χ2v) is 4.57. The van der Waals surface area contributed by atoms with E-state index in [4.69, 9.17) is 4.74 Å². The monoisotopic (exact) mass is 224 g/mol. The summed E-state index contributed by atoms with van der Waals surface area (Å²) in [5, 5.41) is 3.34. The Hall–Kier alpha value is -0.740. The number of rotatable bonds is 4. The quantitative estimate of drug-likeness (QED) is 0.795. The average Bonchev–Trinajstić information content (AvgIpc) is 2.80. The first-order chi connectivity index (χ1) is 7.38. The third-order valence-corrected chi connectivity index (χ3v) is 3.28. The molecule has 1 N–H and O–H groups in total. The van der Waals surface area contributed by atoms with E-state index in [1.165, 1.54) is 4.90 Å². The molecule has 1 aromatic heterocycles. The normalized spacial score (nSPS) is 20.5. The van der Waals surface area contributed by atoms with Gasteiger partial charge in [-0.1, -0.05) is 0 Å². The molecule has 1 aliphatic rings. The van der Waals surface area contributed by atoms with Crippen LogP contribution in [0.2, 0.25) is 0 Å². The number of thioether (sulfide) groups is 1. The number of aromatic nitrogens is 1. The topological polar surface area (TPSA) is 34.1 Å². The molecular formula is C11H16N2OS. The van der Waals surface area contributed by atoms with Crippen LogP contribution in [0.5, 0.6) is 0 Å². The van der Waals surface area contributed by atoms with Crippen molar-refractivity contribution >= 4 is 17.6 Å². The van der Waals surface area contributed by atoms with Gasteiger partial charge >= 0.3 is 0 Å². The molecule has 2 heterocycles. The van der Waals surface area contributed by atoms with Gasteiger partial charge in [-0.25, -0.2) is 4.98 Å². The predicted octanol–water partition coefficient (Wildman–Crippen LogP) is 2.25. The van der Waals surface area contributed by atoms with E-state index in [2.05, 4.69) is 22.6 Å². The van der Waals surface area contributed by atoms with E-state index in [9.17, 15) is 0 Å². The molecule has 0 aliphatic carbocycles. The maximum atomic E-state index is 5.32. The number of hydrogen-bond acceptors (Lipinski definition) is 4. The van der Waals surface area contributed by atoms with Gasteiger partial charge in [0.2, 0.25) is 0 Å². The third kappa shape index (κ3) is 3.11. The van der Waals surface area contributed by atoms with Gasteiger partial charge in [0.1, 0.15) is 5.82 Å². The molecule has 1 fully saturated rings. The van der Waals surface area contributed by atoms with Crippen molar-refractivity contribution in [1.82, 2.24) is 4.98 Å². The molecule has 1 aliphatic heterocycles. The highest BCUT2D eigenvalue weighted by Gasteiger charge is 2.14. The molecule has 1 unspecified atom stereocenters. The molecule has 1 atom stereocenters. The molecule has 0 bridgehead atoms. The average molecular weight is 224 g/mol. The molecule has 82 valence electrons. The number of nitrogens with one attached hydrogen (secondary N) is 1. The molecule has 1 aromatic rings. The van der Waals surface area contributed by atoms with Crippen molar-refractivity contribution in [3.8, 4) is 0 Å². The lowest BCUT2D eigenvalue weighted by Gasteiger charge is -2.09. The fourth-order valence-corrected chi connectivity index (χ4v) is 1.96. The minimum atomic E-state index is 0.645. The Kier molecular flexibility index (Phi) is 3.86. The van der Waals surface area contributed by atoms with Crippen LogP contribution in [0.25, 0.3) is 0 Å². The SMILES string of the molecule is CSc1ccc(NCC2CCOC2)nc1. The van der Waals surface area contributed by atoms with Gasteiger partial charge in [-0.3, -0.25) is 0 Å². The zero-order chi connectivity index (χ0) is 10.5. The molecule has 0 aromatic carbocycles. The Morgan fingerprint density at radius 3 is 3.13 bits per heavy atom. The van der Waals surface area contributed by atoms with Crippen LogP contribution in [0, 0.1) is 5.92 Å². The summed E-state index contributed by atoms with van der Waals surface area (Å²) in [6.45, 7) is 2.76. The standard InChI is InChI=1S/C11H16N2OS/c1-15-10-2-3-11(13-7-10)12-6-9-4-5-14-8-9/h2-3,7,9H,4-6,8H2,1H3,(H,12,13). The van der Waals surface area contributed by atoms with E-state index in [1.54, 1.807) is 11.8 Å². The first-order valence-corrected chi connectivity index (χ1v) is 6.42. The summed E-state index contributed by atoms with van der Waals surface area (Å²) in [5.41, 5.74) is 0. The third-order valence-electron chi connectivity index (χ3n) is 2.57. The van der Waals surface area contributed by atoms with Crippen molar-refractivity contribution in [2.75, 3.05) is 31.3 Å². The van der Waals surface area contributed by atoms with Crippen LogP contribution in [-0.4, -0.2) is 31.0 Å². The zero-order valence-corrected chi connectivity index (χ0v) is 9.72. The maximum absolute atomic E-state index is 5.32. The van der Waals surface area contributed by atoms with Gasteiger partial charge in [-0.05, 0) is 24.8 Å². The first-order valence-electron chi connectivity index (χ1n) is 5.20. The lowest BCUT2D eigenvalue weighted by atomic mass is 10.1. The summed E-state index contributed by atoms with van der Waals surface area (Å²) in [6.07, 6.45) is 5.12. The molecule has 15 heavy (non-hydrogen) atoms. The molecule has 3 nitrogen and oxygen atoms in total. The lowest BCUT2D eigenvalue weighted by molar-refractivity contribution is 0.187. The van der Waals surface area contributed by atoms with Gasteiger partial charge in [0, 0.05) is 30.2 Å². The molecule has 0 saturated carbocycles. The Morgan fingerprint density at radius 1 is 1.60 bits per heavy atom. The maximum Gasteiger partial charge on any atom is 0.125 e. The Bertz CT molecular complexity index is 296. The molecule has 0 radical (unpaired) electrons.